The third kappa shape index (κ3) is 2.91. The molecule has 0 aliphatic heterocycles. The van der Waals surface area contributed by atoms with Crippen molar-refractivity contribution in [2.45, 2.75) is 32.9 Å². The predicted molar refractivity (Wildman–Crippen MR) is 69.8 cm³/mol. The highest BCUT2D eigenvalue weighted by Crippen LogP contribution is 2.17. The van der Waals surface area contributed by atoms with Crippen LogP contribution in [0, 0.1) is 13.1 Å². The zero-order valence-corrected chi connectivity index (χ0v) is 11.9. The first-order valence-corrected chi connectivity index (χ1v) is 6.15. The Hall–Kier alpha value is -2.71. The van der Waals surface area contributed by atoms with Gasteiger partial charge in [0, 0.05) is 6.20 Å². The molecule has 0 aliphatic carbocycles. The molecule has 2 amide bonds. The summed E-state index contributed by atoms with van der Waals surface area (Å²) in [7, 11) is 0. The summed E-state index contributed by atoms with van der Waals surface area (Å²) in [5.74, 6) is -0.344. The SMILES string of the molecule is Cc1noc(CNC(=O)C(C)(C)n2c[c]nc2C(N)=O)n1. The molecule has 2 aromatic heterocycles. The van der Waals surface area contributed by atoms with Crippen LogP contribution >= 0.6 is 0 Å². The molecule has 0 fully saturated rings. The van der Waals surface area contributed by atoms with E-state index in [4.69, 9.17) is 10.3 Å². The normalized spacial score (nSPS) is 11.4. The molecule has 0 spiro atoms. The van der Waals surface area contributed by atoms with Crippen molar-refractivity contribution < 1.29 is 14.1 Å². The molecule has 0 saturated carbocycles. The third-order valence-electron chi connectivity index (χ3n) is 2.93. The Morgan fingerprint density at radius 1 is 1.52 bits per heavy atom. The number of carbonyl (C=O) groups excluding carboxylic acids is 2. The number of hydrogen-bond acceptors (Lipinski definition) is 6. The van der Waals surface area contributed by atoms with E-state index in [1.54, 1.807) is 20.8 Å². The van der Waals surface area contributed by atoms with Crippen molar-refractivity contribution in [1.82, 2.24) is 25.0 Å². The number of imidazole rings is 1. The molecular weight excluding hydrogens is 276 g/mol. The van der Waals surface area contributed by atoms with Crippen molar-refractivity contribution in [1.29, 1.82) is 0 Å². The topological polar surface area (TPSA) is 129 Å². The standard InChI is InChI=1S/C12H15N6O3/c1-7-16-8(21-17-7)6-15-11(20)12(2,3)18-5-4-14-10(18)9(13)19/h5H,6H2,1-3H3,(H2,13,19)(H,15,20). The van der Waals surface area contributed by atoms with E-state index in [1.165, 1.54) is 10.8 Å². The van der Waals surface area contributed by atoms with E-state index < -0.39 is 11.4 Å². The predicted octanol–water partition coefficient (Wildman–Crippen LogP) is -0.475. The summed E-state index contributed by atoms with van der Waals surface area (Å²) in [6.45, 7) is 5.03. The van der Waals surface area contributed by atoms with Gasteiger partial charge >= 0.3 is 0 Å². The van der Waals surface area contributed by atoms with Gasteiger partial charge in [-0.05, 0) is 20.8 Å². The van der Waals surface area contributed by atoms with E-state index in [1.807, 2.05) is 0 Å². The van der Waals surface area contributed by atoms with E-state index in [-0.39, 0.29) is 18.3 Å². The lowest BCUT2D eigenvalue weighted by molar-refractivity contribution is -0.128. The van der Waals surface area contributed by atoms with Gasteiger partial charge in [-0.2, -0.15) is 4.98 Å². The summed E-state index contributed by atoms with van der Waals surface area (Å²) in [5.41, 5.74) is 4.14. The lowest BCUT2D eigenvalue weighted by Crippen LogP contribution is -2.45. The molecule has 21 heavy (non-hydrogen) atoms. The van der Waals surface area contributed by atoms with Gasteiger partial charge in [-0.25, -0.2) is 4.98 Å². The molecule has 111 valence electrons. The molecular formula is C12H15N6O3. The number of aryl methyl sites for hydroxylation is 1. The third-order valence-corrected chi connectivity index (χ3v) is 2.93. The molecule has 0 unspecified atom stereocenters. The second-order valence-electron chi connectivity index (χ2n) is 4.90. The summed E-state index contributed by atoms with van der Waals surface area (Å²) in [5, 5.41) is 6.28. The number of rotatable bonds is 5. The zero-order chi connectivity index (χ0) is 15.6. The lowest BCUT2D eigenvalue weighted by atomic mass is 10.0. The minimum Gasteiger partial charge on any atom is -0.363 e. The molecule has 0 aromatic carbocycles. The fourth-order valence-corrected chi connectivity index (χ4v) is 1.76. The van der Waals surface area contributed by atoms with Gasteiger partial charge in [-0.3, -0.25) is 9.59 Å². The fraction of sp³-hybridized carbons (Fsp3) is 0.417. The molecule has 2 aromatic rings. The van der Waals surface area contributed by atoms with Crippen LogP contribution in [0.2, 0.25) is 0 Å². The van der Waals surface area contributed by atoms with E-state index in [0.29, 0.717) is 11.7 Å². The summed E-state index contributed by atoms with van der Waals surface area (Å²) in [6, 6.07) is 0. The van der Waals surface area contributed by atoms with Crippen molar-refractivity contribution >= 4 is 11.8 Å². The minimum absolute atomic E-state index is 0.0382. The zero-order valence-electron chi connectivity index (χ0n) is 11.9. The van der Waals surface area contributed by atoms with Crippen LogP contribution in [-0.2, 0) is 16.9 Å². The quantitative estimate of drug-likeness (QED) is 0.765. The Labute approximate surface area is 120 Å². The summed E-state index contributed by atoms with van der Waals surface area (Å²) < 4.78 is 6.27. The Morgan fingerprint density at radius 2 is 2.24 bits per heavy atom. The second kappa shape index (κ2) is 5.35. The first-order chi connectivity index (χ1) is 9.82. The van der Waals surface area contributed by atoms with Crippen LogP contribution in [0.1, 0.15) is 36.2 Å². The molecule has 9 nitrogen and oxygen atoms in total. The van der Waals surface area contributed by atoms with Gasteiger partial charge in [0.1, 0.15) is 11.7 Å². The second-order valence-corrected chi connectivity index (χ2v) is 4.90. The highest BCUT2D eigenvalue weighted by atomic mass is 16.5. The lowest BCUT2D eigenvalue weighted by Gasteiger charge is -2.26. The van der Waals surface area contributed by atoms with Crippen LogP contribution in [0.25, 0.3) is 0 Å². The van der Waals surface area contributed by atoms with Crippen molar-refractivity contribution in [3.63, 3.8) is 0 Å². The van der Waals surface area contributed by atoms with Gasteiger partial charge < -0.3 is 20.1 Å². The summed E-state index contributed by atoms with van der Waals surface area (Å²) in [4.78, 5) is 31.3. The first kappa shape index (κ1) is 14.7. The number of nitrogens with one attached hydrogen (secondary N) is 1. The number of amides is 2. The minimum atomic E-state index is -1.08. The average Bonchev–Trinajstić information content (AvgIpc) is 3.04. The molecule has 2 rings (SSSR count). The molecule has 3 N–H and O–H groups in total. The summed E-state index contributed by atoms with van der Waals surface area (Å²) in [6.07, 6.45) is 3.91. The first-order valence-electron chi connectivity index (χ1n) is 6.15. The van der Waals surface area contributed by atoms with Gasteiger partial charge in [0.2, 0.25) is 11.8 Å². The van der Waals surface area contributed by atoms with Gasteiger partial charge in [-0.1, -0.05) is 5.16 Å². The molecule has 0 bridgehead atoms. The van der Waals surface area contributed by atoms with Crippen molar-refractivity contribution in [3.05, 3.63) is 29.9 Å². The monoisotopic (exact) mass is 291 g/mol. The van der Waals surface area contributed by atoms with Gasteiger partial charge in [0.15, 0.2) is 11.6 Å². The average molecular weight is 291 g/mol. The van der Waals surface area contributed by atoms with Crippen molar-refractivity contribution in [2.75, 3.05) is 0 Å². The van der Waals surface area contributed by atoms with Crippen molar-refractivity contribution in [3.8, 4) is 0 Å². The van der Waals surface area contributed by atoms with Gasteiger partial charge in [0.05, 0.1) is 6.54 Å². The Bertz CT molecular complexity index is 672. The van der Waals surface area contributed by atoms with Crippen molar-refractivity contribution in [2.24, 2.45) is 5.73 Å². The number of nitrogens with two attached hydrogens (primary N) is 1. The fourth-order valence-electron chi connectivity index (χ4n) is 1.76. The largest absolute Gasteiger partial charge is 0.363 e. The highest BCUT2D eigenvalue weighted by molar-refractivity contribution is 5.91. The Morgan fingerprint density at radius 3 is 2.81 bits per heavy atom. The van der Waals surface area contributed by atoms with Crippen LogP contribution in [0.3, 0.4) is 0 Å². The molecule has 0 saturated heterocycles. The Kier molecular flexibility index (Phi) is 3.74. The van der Waals surface area contributed by atoms with Gasteiger partial charge in [0.25, 0.3) is 5.91 Å². The maximum atomic E-state index is 12.3. The van der Waals surface area contributed by atoms with Crippen LogP contribution in [-0.4, -0.2) is 31.5 Å². The molecule has 9 heteroatoms. The molecule has 1 radical (unpaired) electrons. The Balaban J connectivity index is 2.12. The number of primary amides is 1. The summed E-state index contributed by atoms with van der Waals surface area (Å²) >= 11 is 0. The number of carbonyl (C=O) groups is 2. The maximum Gasteiger partial charge on any atom is 0.284 e. The van der Waals surface area contributed by atoms with Crippen LogP contribution < -0.4 is 11.1 Å². The maximum absolute atomic E-state index is 12.3. The van der Waals surface area contributed by atoms with E-state index in [9.17, 15) is 9.59 Å². The smallest absolute Gasteiger partial charge is 0.284 e. The highest BCUT2D eigenvalue weighted by Gasteiger charge is 2.32. The molecule has 0 atom stereocenters. The number of aromatic nitrogens is 4. The van der Waals surface area contributed by atoms with E-state index in [2.05, 4.69) is 26.6 Å². The molecule has 2 heterocycles. The van der Waals surface area contributed by atoms with Crippen LogP contribution in [0.4, 0.5) is 0 Å². The van der Waals surface area contributed by atoms with Crippen LogP contribution in [0.5, 0.6) is 0 Å². The number of nitrogens with zero attached hydrogens (tertiary/aromatic N) is 4. The molecule has 0 aliphatic rings. The number of hydrogen-bond donors (Lipinski definition) is 2. The van der Waals surface area contributed by atoms with E-state index in [0.717, 1.165) is 0 Å². The van der Waals surface area contributed by atoms with E-state index >= 15 is 0 Å². The van der Waals surface area contributed by atoms with Gasteiger partial charge in [-0.15, -0.1) is 0 Å². The van der Waals surface area contributed by atoms with Crippen LogP contribution in [0.15, 0.2) is 10.7 Å².